The van der Waals surface area contributed by atoms with Gasteiger partial charge in [-0.1, -0.05) is 0 Å². The summed E-state index contributed by atoms with van der Waals surface area (Å²) in [7, 11) is 0. The minimum Gasteiger partial charge on any atom is -0.393 e. The first-order valence-electron chi connectivity index (χ1n) is 6.58. The topological polar surface area (TPSA) is 99.1 Å². The van der Waals surface area contributed by atoms with Crippen molar-refractivity contribution in [1.29, 1.82) is 5.26 Å². The maximum Gasteiger partial charge on any atom is 0.159 e. The number of fused-ring (bicyclic) bond motifs is 1. The van der Waals surface area contributed by atoms with Crippen molar-refractivity contribution in [2.45, 2.75) is 18.9 Å². The molecule has 1 aromatic heterocycles. The molecule has 1 aliphatic rings. The van der Waals surface area contributed by atoms with E-state index in [1.165, 1.54) is 0 Å². The number of hydrogen-bond acceptors (Lipinski definition) is 6. The number of aliphatic hydroxyl groups is 1. The number of benzene rings is 1. The van der Waals surface area contributed by atoms with Crippen molar-refractivity contribution >= 4 is 22.4 Å². The molecule has 0 unspecified atom stereocenters. The Hall–Kier alpha value is -2.39. The van der Waals surface area contributed by atoms with Crippen molar-refractivity contribution in [2.75, 3.05) is 23.7 Å². The van der Waals surface area contributed by atoms with Crippen LogP contribution in [0.1, 0.15) is 18.4 Å². The standard InChI is InChI=1S/C14H15N5O/c15-8-9-1-2-11-12(7-9)14(18-17-13(11)16)19-5-3-10(20)4-6-19/h1-2,7,10,20H,3-6H2,(H2,16,17). The Balaban J connectivity index is 2.10. The lowest BCUT2D eigenvalue weighted by molar-refractivity contribution is 0.145. The van der Waals surface area contributed by atoms with E-state index in [1.807, 2.05) is 0 Å². The molecule has 1 aliphatic heterocycles. The van der Waals surface area contributed by atoms with Crippen LogP contribution < -0.4 is 10.6 Å². The van der Waals surface area contributed by atoms with Gasteiger partial charge in [0.15, 0.2) is 11.6 Å². The lowest BCUT2D eigenvalue weighted by Crippen LogP contribution is -2.36. The summed E-state index contributed by atoms with van der Waals surface area (Å²) < 4.78 is 0. The van der Waals surface area contributed by atoms with Crippen LogP contribution in [-0.4, -0.2) is 34.5 Å². The van der Waals surface area contributed by atoms with Gasteiger partial charge in [-0.2, -0.15) is 5.26 Å². The van der Waals surface area contributed by atoms with Gasteiger partial charge in [-0.3, -0.25) is 0 Å². The van der Waals surface area contributed by atoms with Crippen LogP contribution >= 0.6 is 0 Å². The summed E-state index contributed by atoms with van der Waals surface area (Å²) in [6.07, 6.45) is 1.19. The molecular formula is C14H15N5O. The van der Waals surface area contributed by atoms with Crippen LogP contribution in [-0.2, 0) is 0 Å². The van der Waals surface area contributed by atoms with Crippen molar-refractivity contribution in [3.05, 3.63) is 23.8 Å². The number of nitrogens with two attached hydrogens (primary N) is 1. The maximum absolute atomic E-state index is 9.59. The number of anilines is 2. The number of piperidine rings is 1. The fourth-order valence-electron chi connectivity index (χ4n) is 2.54. The van der Waals surface area contributed by atoms with Gasteiger partial charge in [-0.15, -0.1) is 10.2 Å². The molecule has 6 nitrogen and oxygen atoms in total. The molecule has 102 valence electrons. The third-order valence-corrected chi connectivity index (χ3v) is 3.68. The predicted molar refractivity (Wildman–Crippen MR) is 76.1 cm³/mol. The highest BCUT2D eigenvalue weighted by molar-refractivity contribution is 5.98. The monoisotopic (exact) mass is 269 g/mol. The van der Waals surface area contributed by atoms with E-state index in [4.69, 9.17) is 11.0 Å². The van der Waals surface area contributed by atoms with Crippen molar-refractivity contribution in [2.24, 2.45) is 0 Å². The van der Waals surface area contributed by atoms with Crippen LogP contribution in [0.5, 0.6) is 0 Å². The van der Waals surface area contributed by atoms with Gasteiger partial charge in [-0.25, -0.2) is 0 Å². The van der Waals surface area contributed by atoms with Gasteiger partial charge in [0.05, 0.1) is 17.7 Å². The second-order valence-electron chi connectivity index (χ2n) is 5.00. The number of aromatic nitrogens is 2. The first-order valence-corrected chi connectivity index (χ1v) is 6.58. The smallest absolute Gasteiger partial charge is 0.159 e. The van der Waals surface area contributed by atoms with Crippen molar-refractivity contribution in [3.8, 4) is 6.07 Å². The van der Waals surface area contributed by atoms with Gasteiger partial charge >= 0.3 is 0 Å². The van der Waals surface area contributed by atoms with Crippen molar-refractivity contribution < 1.29 is 5.11 Å². The van der Waals surface area contributed by atoms with Gasteiger partial charge in [0.25, 0.3) is 0 Å². The van der Waals surface area contributed by atoms with Gasteiger partial charge < -0.3 is 15.7 Å². The number of nitrogen functional groups attached to an aromatic ring is 1. The number of nitriles is 1. The quantitative estimate of drug-likeness (QED) is 0.802. The maximum atomic E-state index is 9.59. The summed E-state index contributed by atoms with van der Waals surface area (Å²) in [5.74, 6) is 1.10. The summed E-state index contributed by atoms with van der Waals surface area (Å²) in [4.78, 5) is 2.09. The molecule has 0 amide bonds. The highest BCUT2D eigenvalue weighted by atomic mass is 16.3. The lowest BCUT2D eigenvalue weighted by atomic mass is 10.1. The molecule has 0 radical (unpaired) electrons. The van der Waals surface area contributed by atoms with E-state index >= 15 is 0 Å². The number of nitrogens with zero attached hydrogens (tertiary/aromatic N) is 4. The molecule has 0 bridgehead atoms. The Morgan fingerprint density at radius 3 is 2.70 bits per heavy atom. The Bertz CT molecular complexity index is 686. The largest absolute Gasteiger partial charge is 0.393 e. The van der Waals surface area contributed by atoms with Crippen LogP contribution in [0.3, 0.4) is 0 Å². The van der Waals surface area contributed by atoms with Gasteiger partial charge in [0.2, 0.25) is 0 Å². The van der Waals surface area contributed by atoms with Gasteiger partial charge in [0, 0.05) is 23.9 Å². The number of aliphatic hydroxyl groups excluding tert-OH is 1. The molecule has 0 saturated carbocycles. The SMILES string of the molecule is N#Cc1ccc2c(N)nnc(N3CCC(O)CC3)c2c1. The highest BCUT2D eigenvalue weighted by Gasteiger charge is 2.21. The van der Waals surface area contributed by atoms with E-state index in [0.29, 0.717) is 24.2 Å². The van der Waals surface area contributed by atoms with Crippen LogP contribution in [0.25, 0.3) is 10.8 Å². The zero-order chi connectivity index (χ0) is 14.1. The summed E-state index contributed by atoms with van der Waals surface area (Å²) in [6.45, 7) is 1.46. The first-order chi connectivity index (χ1) is 9.69. The third-order valence-electron chi connectivity index (χ3n) is 3.68. The average molecular weight is 269 g/mol. The van der Waals surface area contributed by atoms with Gasteiger partial charge in [0.1, 0.15) is 0 Å². The number of hydrogen-bond donors (Lipinski definition) is 2. The second-order valence-corrected chi connectivity index (χ2v) is 5.00. The minimum absolute atomic E-state index is 0.242. The van der Waals surface area contributed by atoms with E-state index in [9.17, 15) is 5.11 Å². The average Bonchev–Trinajstić information content (AvgIpc) is 2.48. The highest BCUT2D eigenvalue weighted by Crippen LogP contribution is 2.29. The molecule has 6 heteroatoms. The van der Waals surface area contributed by atoms with E-state index in [1.54, 1.807) is 18.2 Å². The van der Waals surface area contributed by atoms with Crippen molar-refractivity contribution in [1.82, 2.24) is 10.2 Å². The van der Waals surface area contributed by atoms with Crippen LogP contribution in [0.15, 0.2) is 18.2 Å². The molecular weight excluding hydrogens is 254 g/mol. The Morgan fingerprint density at radius 1 is 1.25 bits per heavy atom. The molecule has 0 aliphatic carbocycles. The van der Waals surface area contributed by atoms with E-state index < -0.39 is 0 Å². The Morgan fingerprint density at radius 2 is 2.00 bits per heavy atom. The molecule has 3 N–H and O–H groups in total. The molecule has 2 aromatic rings. The minimum atomic E-state index is -0.242. The molecule has 2 heterocycles. The molecule has 1 saturated heterocycles. The molecule has 1 fully saturated rings. The molecule has 0 atom stereocenters. The number of rotatable bonds is 1. The molecule has 1 aromatic carbocycles. The molecule has 3 rings (SSSR count). The fourth-order valence-corrected chi connectivity index (χ4v) is 2.54. The Kier molecular flexibility index (Phi) is 3.12. The molecule has 0 spiro atoms. The Labute approximate surface area is 116 Å². The van der Waals surface area contributed by atoms with E-state index in [0.717, 1.165) is 29.7 Å². The zero-order valence-electron chi connectivity index (χ0n) is 11.0. The summed E-state index contributed by atoms with van der Waals surface area (Å²) in [5.41, 5.74) is 6.43. The first kappa shape index (κ1) is 12.6. The summed E-state index contributed by atoms with van der Waals surface area (Å²) >= 11 is 0. The second kappa shape index (κ2) is 4.94. The van der Waals surface area contributed by atoms with Crippen molar-refractivity contribution in [3.63, 3.8) is 0 Å². The predicted octanol–water partition coefficient (Wildman–Crippen LogP) is 1.04. The third kappa shape index (κ3) is 2.12. The van der Waals surface area contributed by atoms with E-state index in [-0.39, 0.29) is 6.10 Å². The fraction of sp³-hybridized carbons (Fsp3) is 0.357. The zero-order valence-corrected chi connectivity index (χ0v) is 11.0. The van der Waals surface area contributed by atoms with Crippen LogP contribution in [0.4, 0.5) is 11.6 Å². The molecule has 20 heavy (non-hydrogen) atoms. The lowest BCUT2D eigenvalue weighted by Gasteiger charge is -2.30. The van der Waals surface area contributed by atoms with Gasteiger partial charge in [-0.05, 0) is 31.0 Å². The van der Waals surface area contributed by atoms with E-state index in [2.05, 4.69) is 21.2 Å². The summed E-state index contributed by atoms with van der Waals surface area (Å²) in [6, 6.07) is 7.45. The normalized spacial score (nSPS) is 16.3. The summed E-state index contributed by atoms with van der Waals surface area (Å²) in [5, 5.41) is 28.5. The van der Waals surface area contributed by atoms with Crippen LogP contribution in [0, 0.1) is 11.3 Å². The van der Waals surface area contributed by atoms with Crippen LogP contribution in [0.2, 0.25) is 0 Å².